The lowest BCUT2D eigenvalue weighted by Gasteiger charge is -2.31. The van der Waals surface area contributed by atoms with Crippen LogP contribution >= 0.6 is 11.6 Å². The third kappa shape index (κ3) is 5.50. The van der Waals surface area contributed by atoms with Crippen molar-refractivity contribution < 1.29 is 17.9 Å². The molecule has 0 aromatic heterocycles. The number of benzene rings is 2. The van der Waals surface area contributed by atoms with E-state index in [4.69, 9.17) is 16.3 Å². The third-order valence-electron chi connectivity index (χ3n) is 5.09. The van der Waals surface area contributed by atoms with Crippen molar-refractivity contribution in [1.29, 1.82) is 0 Å². The maximum absolute atomic E-state index is 12.9. The zero-order valence-electron chi connectivity index (χ0n) is 16.3. The fourth-order valence-corrected chi connectivity index (χ4v) is 5.41. The van der Waals surface area contributed by atoms with Crippen LogP contribution in [0.15, 0.2) is 48.5 Å². The SMILES string of the molecule is COc1ccccc1CNC(=O)[C@@H]1CCCN(S(=O)(=O)Cc2ccccc2Cl)C1. The zero-order chi connectivity index (χ0) is 20.9. The average molecular weight is 437 g/mol. The first-order valence-corrected chi connectivity index (χ1v) is 11.5. The third-order valence-corrected chi connectivity index (χ3v) is 7.25. The first-order valence-electron chi connectivity index (χ1n) is 9.51. The Kier molecular flexibility index (Phi) is 7.16. The van der Waals surface area contributed by atoms with Gasteiger partial charge in [-0.3, -0.25) is 4.79 Å². The van der Waals surface area contributed by atoms with Crippen molar-refractivity contribution in [2.75, 3.05) is 20.2 Å². The van der Waals surface area contributed by atoms with Gasteiger partial charge in [0.05, 0.1) is 18.8 Å². The van der Waals surface area contributed by atoms with E-state index in [9.17, 15) is 13.2 Å². The van der Waals surface area contributed by atoms with Crippen LogP contribution in [0, 0.1) is 5.92 Å². The minimum absolute atomic E-state index is 0.145. The second kappa shape index (κ2) is 9.61. The fraction of sp³-hybridized carbons (Fsp3) is 0.381. The van der Waals surface area contributed by atoms with Crippen molar-refractivity contribution in [1.82, 2.24) is 9.62 Å². The molecule has 1 saturated heterocycles. The van der Waals surface area contributed by atoms with Crippen molar-refractivity contribution in [2.45, 2.75) is 25.1 Å². The highest BCUT2D eigenvalue weighted by molar-refractivity contribution is 7.88. The molecule has 0 aliphatic carbocycles. The summed E-state index contributed by atoms with van der Waals surface area (Å²) in [6.45, 7) is 0.944. The van der Waals surface area contributed by atoms with E-state index in [-0.39, 0.29) is 24.1 Å². The van der Waals surface area contributed by atoms with E-state index in [1.54, 1.807) is 31.4 Å². The average Bonchev–Trinajstić information content (AvgIpc) is 2.74. The smallest absolute Gasteiger partial charge is 0.224 e. The van der Waals surface area contributed by atoms with E-state index in [0.717, 1.165) is 5.56 Å². The maximum atomic E-state index is 12.9. The second-order valence-corrected chi connectivity index (χ2v) is 9.45. The molecule has 8 heteroatoms. The lowest BCUT2D eigenvalue weighted by molar-refractivity contribution is -0.126. The summed E-state index contributed by atoms with van der Waals surface area (Å²) in [6, 6.07) is 14.4. The van der Waals surface area contributed by atoms with Gasteiger partial charge in [0.15, 0.2) is 0 Å². The number of methoxy groups -OCH3 is 1. The quantitative estimate of drug-likeness (QED) is 0.723. The summed E-state index contributed by atoms with van der Waals surface area (Å²) in [4.78, 5) is 12.7. The van der Waals surface area contributed by atoms with Crippen LogP contribution in [0.3, 0.4) is 0 Å². The Bertz CT molecular complexity index is 965. The van der Waals surface area contributed by atoms with Crippen LogP contribution in [0.2, 0.25) is 5.02 Å². The van der Waals surface area contributed by atoms with E-state index in [2.05, 4.69) is 5.32 Å². The Morgan fingerprint density at radius 3 is 2.59 bits per heavy atom. The Morgan fingerprint density at radius 2 is 1.86 bits per heavy atom. The van der Waals surface area contributed by atoms with Gasteiger partial charge in [0.1, 0.15) is 5.75 Å². The summed E-state index contributed by atoms with van der Waals surface area (Å²) in [6.07, 6.45) is 1.31. The van der Waals surface area contributed by atoms with Gasteiger partial charge in [0.25, 0.3) is 0 Å². The fourth-order valence-electron chi connectivity index (χ4n) is 3.49. The molecule has 29 heavy (non-hydrogen) atoms. The Labute approximate surface area is 176 Å². The maximum Gasteiger partial charge on any atom is 0.224 e. The normalized spacial score (nSPS) is 17.7. The first-order chi connectivity index (χ1) is 13.9. The molecule has 0 radical (unpaired) electrons. The molecule has 1 aliphatic rings. The van der Waals surface area contributed by atoms with E-state index in [1.807, 2.05) is 24.3 Å². The second-order valence-electron chi connectivity index (χ2n) is 7.07. The molecule has 1 amide bonds. The first kappa shape index (κ1) is 21.6. The van der Waals surface area contributed by atoms with Gasteiger partial charge in [-0.05, 0) is 30.5 Å². The van der Waals surface area contributed by atoms with Gasteiger partial charge < -0.3 is 10.1 Å². The Morgan fingerprint density at radius 1 is 1.17 bits per heavy atom. The summed E-state index contributed by atoms with van der Waals surface area (Å²) in [5.41, 5.74) is 1.44. The minimum Gasteiger partial charge on any atom is -0.496 e. The molecule has 3 rings (SSSR count). The number of hydrogen-bond donors (Lipinski definition) is 1. The predicted molar refractivity (Wildman–Crippen MR) is 113 cm³/mol. The number of rotatable bonds is 7. The van der Waals surface area contributed by atoms with Crippen molar-refractivity contribution in [3.63, 3.8) is 0 Å². The summed E-state index contributed by atoms with van der Waals surface area (Å²) < 4.78 is 32.4. The highest BCUT2D eigenvalue weighted by Gasteiger charge is 2.32. The molecule has 0 spiro atoms. The molecular weight excluding hydrogens is 412 g/mol. The number of carbonyl (C=O) groups is 1. The summed E-state index contributed by atoms with van der Waals surface area (Å²) in [7, 11) is -1.97. The van der Waals surface area contributed by atoms with Crippen molar-refractivity contribution in [2.24, 2.45) is 5.92 Å². The number of amides is 1. The van der Waals surface area contributed by atoms with Crippen LogP contribution in [0.4, 0.5) is 0 Å². The molecule has 0 saturated carbocycles. The summed E-state index contributed by atoms with van der Waals surface area (Å²) in [5.74, 6) is 0.0239. The molecule has 2 aromatic rings. The number of sulfonamides is 1. The minimum atomic E-state index is -3.55. The number of nitrogens with one attached hydrogen (secondary N) is 1. The van der Waals surface area contributed by atoms with E-state index >= 15 is 0 Å². The van der Waals surface area contributed by atoms with Crippen LogP contribution in [0.5, 0.6) is 5.75 Å². The largest absolute Gasteiger partial charge is 0.496 e. The van der Waals surface area contributed by atoms with Crippen LogP contribution < -0.4 is 10.1 Å². The molecule has 2 aromatic carbocycles. The van der Waals surface area contributed by atoms with Gasteiger partial charge in [0, 0.05) is 30.2 Å². The van der Waals surface area contributed by atoms with Crippen LogP contribution in [-0.4, -0.2) is 38.8 Å². The Balaban J connectivity index is 1.62. The monoisotopic (exact) mass is 436 g/mol. The van der Waals surface area contributed by atoms with E-state index in [0.29, 0.717) is 42.3 Å². The van der Waals surface area contributed by atoms with Crippen LogP contribution in [0.25, 0.3) is 0 Å². The van der Waals surface area contributed by atoms with Crippen LogP contribution in [-0.2, 0) is 27.1 Å². The standard InChI is InChI=1S/C21H25ClN2O4S/c1-28-20-11-5-3-7-16(20)13-23-21(25)17-9-6-12-24(14-17)29(26,27)15-18-8-2-4-10-19(18)22/h2-5,7-8,10-11,17H,6,9,12-15H2,1H3,(H,23,25)/t17-/m1/s1. The van der Waals surface area contributed by atoms with Crippen molar-refractivity contribution in [3.8, 4) is 5.75 Å². The summed E-state index contributed by atoms with van der Waals surface area (Å²) in [5, 5.41) is 3.34. The molecule has 1 N–H and O–H groups in total. The summed E-state index contributed by atoms with van der Waals surface area (Å²) >= 11 is 6.12. The number of hydrogen-bond acceptors (Lipinski definition) is 4. The van der Waals surface area contributed by atoms with Crippen molar-refractivity contribution in [3.05, 3.63) is 64.7 Å². The van der Waals surface area contributed by atoms with Gasteiger partial charge in [-0.25, -0.2) is 12.7 Å². The molecule has 0 unspecified atom stereocenters. The van der Waals surface area contributed by atoms with Gasteiger partial charge in [-0.15, -0.1) is 0 Å². The van der Waals surface area contributed by atoms with Gasteiger partial charge in [0.2, 0.25) is 15.9 Å². The van der Waals surface area contributed by atoms with Gasteiger partial charge >= 0.3 is 0 Å². The molecule has 1 fully saturated rings. The number of nitrogens with zero attached hydrogens (tertiary/aromatic N) is 1. The molecule has 1 heterocycles. The highest BCUT2D eigenvalue weighted by Crippen LogP contribution is 2.24. The van der Waals surface area contributed by atoms with E-state index < -0.39 is 10.0 Å². The highest BCUT2D eigenvalue weighted by atomic mass is 35.5. The lowest BCUT2D eigenvalue weighted by Crippen LogP contribution is -2.45. The topological polar surface area (TPSA) is 75.7 Å². The number of halogens is 1. The number of para-hydroxylation sites is 1. The number of piperidine rings is 1. The molecule has 156 valence electrons. The van der Waals surface area contributed by atoms with Crippen LogP contribution in [0.1, 0.15) is 24.0 Å². The molecule has 6 nitrogen and oxygen atoms in total. The van der Waals surface area contributed by atoms with Gasteiger partial charge in [-0.1, -0.05) is 48.0 Å². The molecule has 1 atom stereocenters. The van der Waals surface area contributed by atoms with Crippen molar-refractivity contribution >= 4 is 27.5 Å². The predicted octanol–water partition coefficient (Wildman–Crippen LogP) is 3.21. The molecule has 1 aliphatic heterocycles. The lowest BCUT2D eigenvalue weighted by atomic mass is 9.98. The number of ether oxygens (including phenoxy) is 1. The molecule has 0 bridgehead atoms. The molecular formula is C21H25ClN2O4S. The zero-order valence-corrected chi connectivity index (χ0v) is 17.9. The number of carbonyl (C=O) groups excluding carboxylic acids is 1. The Hall–Kier alpha value is -2.09. The van der Waals surface area contributed by atoms with Gasteiger partial charge in [-0.2, -0.15) is 0 Å². The van der Waals surface area contributed by atoms with E-state index in [1.165, 1.54) is 4.31 Å².